The number of thiophene rings is 1. The van der Waals surface area contributed by atoms with Crippen molar-refractivity contribution in [1.82, 2.24) is 0 Å². The molecule has 0 bridgehead atoms. The number of nitrogens with two attached hydrogens (primary N) is 1. The number of hydrogen-bond acceptors (Lipinski definition) is 6. The Labute approximate surface area is 104 Å². The van der Waals surface area contributed by atoms with Crippen molar-refractivity contribution in [3.8, 4) is 5.75 Å². The predicted molar refractivity (Wildman–Crippen MR) is 67.8 cm³/mol. The van der Waals surface area contributed by atoms with Gasteiger partial charge in [0, 0.05) is 6.54 Å². The maximum absolute atomic E-state index is 11.5. The number of carbonyl (C=O) groups is 1. The van der Waals surface area contributed by atoms with Gasteiger partial charge in [-0.2, -0.15) is 0 Å². The van der Waals surface area contributed by atoms with E-state index in [-0.39, 0.29) is 0 Å². The van der Waals surface area contributed by atoms with Gasteiger partial charge in [-0.15, -0.1) is 11.3 Å². The Hall–Kier alpha value is -1.43. The molecule has 1 saturated carbocycles. The number of hydrogen-bond donors (Lipinski definition) is 2. The van der Waals surface area contributed by atoms with E-state index in [0.717, 1.165) is 17.5 Å². The highest BCUT2D eigenvalue weighted by Crippen LogP contribution is 2.43. The Morgan fingerprint density at radius 2 is 2.24 bits per heavy atom. The number of nitrogen functional groups attached to an aromatic ring is 1. The molecule has 1 aliphatic rings. The second-order valence-electron chi connectivity index (χ2n) is 4.02. The van der Waals surface area contributed by atoms with Gasteiger partial charge in [0.1, 0.15) is 15.6 Å². The fraction of sp³-hybridized carbons (Fsp3) is 0.545. The molecule has 3 N–H and O–H groups in total. The van der Waals surface area contributed by atoms with E-state index in [1.165, 1.54) is 31.3 Å². The molecule has 0 amide bonds. The zero-order valence-electron chi connectivity index (χ0n) is 9.91. The molecule has 1 aliphatic carbocycles. The van der Waals surface area contributed by atoms with Gasteiger partial charge in [-0.05, 0) is 18.8 Å². The molecule has 1 fully saturated rings. The zero-order valence-corrected chi connectivity index (χ0v) is 10.7. The molecule has 0 saturated heterocycles. The van der Waals surface area contributed by atoms with Crippen molar-refractivity contribution in [3.63, 3.8) is 0 Å². The first-order chi connectivity index (χ1) is 8.17. The van der Waals surface area contributed by atoms with E-state index in [1.54, 1.807) is 7.11 Å². The molecule has 0 unspecified atom stereocenters. The first kappa shape index (κ1) is 12.0. The molecular formula is C11H16N2O3S. The molecule has 1 heterocycles. The lowest BCUT2D eigenvalue weighted by Gasteiger charge is -2.05. The van der Waals surface area contributed by atoms with E-state index < -0.39 is 5.97 Å². The summed E-state index contributed by atoms with van der Waals surface area (Å²) in [7, 11) is 2.88. The van der Waals surface area contributed by atoms with Crippen LogP contribution in [0, 0.1) is 5.92 Å². The zero-order chi connectivity index (χ0) is 12.4. The van der Waals surface area contributed by atoms with Crippen molar-refractivity contribution in [2.75, 3.05) is 31.8 Å². The second-order valence-corrected chi connectivity index (χ2v) is 5.04. The number of esters is 1. The van der Waals surface area contributed by atoms with Crippen LogP contribution in [0.4, 0.5) is 10.7 Å². The Morgan fingerprint density at radius 1 is 1.53 bits per heavy atom. The van der Waals surface area contributed by atoms with Crippen LogP contribution in [0.15, 0.2) is 0 Å². The van der Waals surface area contributed by atoms with Crippen LogP contribution in [0.5, 0.6) is 5.75 Å². The molecule has 0 atom stereocenters. The molecule has 0 radical (unpaired) electrons. The van der Waals surface area contributed by atoms with Crippen LogP contribution in [0.3, 0.4) is 0 Å². The predicted octanol–water partition coefficient (Wildman–Crippen LogP) is 1.95. The molecule has 94 valence electrons. The number of nitrogens with one attached hydrogen (secondary N) is 1. The molecule has 2 rings (SSSR count). The van der Waals surface area contributed by atoms with Crippen molar-refractivity contribution in [3.05, 3.63) is 4.88 Å². The smallest absolute Gasteiger partial charge is 0.350 e. The van der Waals surface area contributed by atoms with E-state index in [2.05, 4.69) is 10.1 Å². The highest BCUT2D eigenvalue weighted by Gasteiger charge is 2.25. The van der Waals surface area contributed by atoms with Gasteiger partial charge in [-0.3, -0.25) is 0 Å². The van der Waals surface area contributed by atoms with Crippen LogP contribution in [-0.2, 0) is 4.74 Å². The molecule has 1 aromatic heterocycles. The van der Waals surface area contributed by atoms with Gasteiger partial charge in [-0.25, -0.2) is 4.79 Å². The van der Waals surface area contributed by atoms with Gasteiger partial charge in [0.05, 0.1) is 14.2 Å². The fourth-order valence-electron chi connectivity index (χ4n) is 1.55. The number of rotatable bonds is 5. The topological polar surface area (TPSA) is 73.6 Å². The molecule has 0 spiro atoms. The monoisotopic (exact) mass is 256 g/mol. The molecule has 1 aromatic rings. The third kappa shape index (κ3) is 2.46. The van der Waals surface area contributed by atoms with Crippen LogP contribution in [0.1, 0.15) is 22.5 Å². The lowest BCUT2D eigenvalue weighted by Crippen LogP contribution is -2.03. The maximum atomic E-state index is 11.5. The van der Waals surface area contributed by atoms with Crippen molar-refractivity contribution in [2.45, 2.75) is 12.8 Å². The summed E-state index contributed by atoms with van der Waals surface area (Å²) in [6.07, 6.45) is 2.53. The Kier molecular flexibility index (Phi) is 3.42. The normalized spacial score (nSPS) is 14.5. The summed E-state index contributed by atoms with van der Waals surface area (Å²) in [5.74, 6) is 0.853. The van der Waals surface area contributed by atoms with E-state index in [4.69, 9.17) is 10.5 Å². The summed E-state index contributed by atoms with van der Waals surface area (Å²) < 4.78 is 9.90. The van der Waals surface area contributed by atoms with Crippen LogP contribution in [0.2, 0.25) is 0 Å². The minimum Gasteiger partial charge on any atom is -0.492 e. The molecule has 6 heteroatoms. The van der Waals surface area contributed by atoms with E-state index in [1.807, 2.05) is 0 Å². The summed E-state index contributed by atoms with van der Waals surface area (Å²) in [4.78, 5) is 11.9. The van der Waals surface area contributed by atoms with Crippen LogP contribution < -0.4 is 15.8 Å². The standard InChI is InChI=1S/C11H16N2O3S/c1-15-8-7(12)9(11(14)16-2)17-10(8)13-5-6-3-4-6/h6,13H,3-5,12H2,1-2H3. The van der Waals surface area contributed by atoms with E-state index in [0.29, 0.717) is 16.3 Å². The minimum absolute atomic E-state index is 0.350. The number of anilines is 2. The quantitative estimate of drug-likeness (QED) is 0.788. The van der Waals surface area contributed by atoms with Gasteiger partial charge in [0.2, 0.25) is 0 Å². The van der Waals surface area contributed by atoms with Gasteiger partial charge in [0.25, 0.3) is 0 Å². The first-order valence-corrected chi connectivity index (χ1v) is 6.27. The average molecular weight is 256 g/mol. The maximum Gasteiger partial charge on any atom is 0.350 e. The fourth-order valence-corrected chi connectivity index (χ4v) is 2.57. The summed E-state index contributed by atoms with van der Waals surface area (Å²) in [6, 6.07) is 0. The summed E-state index contributed by atoms with van der Waals surface area (Å²) in [6.45, 7) is 0.900. The second kappa shape index (κ2) is 4.83. The number of ether oxygens (including phenoxy) is 2. The van der Waals surface area contributed by atoms with Crippen molar-refractivity contribution >= 4 is 28.0 Å². The van der Waals surface area contributed by atoms with Crippen LogP contribution in [-0.4, -0.2) is 26.7 Å². The molecule has 17 heavy (non-hydrogen) atoms. The molecule has 0 aromatic carbocycles. The lowest BCUT2D eigenvalue weighted by atomic mass is 10.3. The third-order valence-electron chi connectivity index (χ3n) is 2.72. The first-order valence-electron chi connectivity index (χ1n) is 5.45. The van der Waals surface area contributed by atoms with Crippen molar-refractivity contribution < 1.29 is 14.3 Å². The van der Waals surface area contributed by atoms with Gasteiger partial charge < -0.3 is 20.5 Å². The summed E-state index contributed by atoms with van der Waals surface area (Å²) in [5, 5.41) is 4.08. The number of carbonyl (C=O) groups excluding carboxylic acids is 1. The van der Waals surface area contributed by atoms with Crippen LogP contribution in [0.25, 0.3) is 0 Å². The molecule has 0 aliphatic heterocycles. The highest BCUT2D eigenvalue weighted by molar-refractivity contribution is 7.19. The van der Waals surface area contributed by atoms with Gasteiger partial charge in [-0.1, -0.05) is 0 Å². The number of methoxy groups -OCH3 is 2. The van der Waals surface area contributed by atoms with E-state index in [9.17, 15) is 4.79 Å². The van der Waals surface area contributed by atoms with Crippen LogP contribution >= 0.6 is 11.3 Å². The molecular weight excluding hydrogens is 240 g/mol. The average Bonchev–Trinajstić information content (AvgIpc) is 3.10. The highest BCUT2D eigenvalue weighted by atomic mass is 32.1. The lowest BCUT2D eigenvalue weighted by molar-refractivity contribution is 0.0607. The van der Waals surface area contributed by atoms with E-state index >= 15 is 0 Å². The minimum atomic E-state index is -0.426. The summed E-state index contributed by atoms with van der Waals surface area (Å²) in [5.41, 5.74) is 6.21. The van der Waals surface area contributed by atoms with Crippen molar-refractivity contribution in [2.24, 2.45) is 5.92 Å². The van der Waals surface area contributed by atoms with Gasteiger partial charge in [0.15, 0.2) is 5.75 Å². The SMILES string of the molecule is COC(=O)c1sc(NCC2CC2)c(OC)c1N. The molecule has 5 nitrogen and oxygen atoms in total. The summed E-state index contributed by atoms with van der Waals surface area (Å²) >= 11 is 1.28. The Balaban J connectivity index is 2.20. The Morgan fingerprint density at radius 3 is 2.76 bits per heavy atom. The van der Waals surface area contributed by atoms with Gasteiger partial charge >= 0.3 is 5.97 Å². The Bertz CT molecular complexity index is 427. The largest absolute Gasteiger partial charge is 0.492 e. The van der Waals surface area contributed by atoms with Crippen molar-refractivity contribution in [1.29, 1.82) is 0 Å². The third-order valence-corrected chi connectivity index (χ3v) is 3.85.